The molecular weight excluding hydrogens is 409 g/mol. The van der Waals surface area contributed by atoms with Gasteiger partial charge in [0.25, 0.3) is 0 Å². The summed E-state index contributed by atoms with van der Waals surface area (Å²) in [5, 5.41) is 5.33. The average Bonchev–Trinajstić information content (AvgIpc) is 3.28. The van der Waals surface area contributed by atoms with Gasteiger partial charge < -0.3 is 5.32 Å². The van der Waals surface area contributed by atoms with Crippen LogP contribution in [0.4, 0.5) is 10.2 Å². The van der Waals surface area contributed by atoms with Gasteiger partial charge in [-0.3, -0.25) is 0 Å². The number of piperidine rings is 1. The van der Waals surface area contributed by atoms with Crippen molar-refractivity contribution in [3.63, 3.8) is 0 Å². The minimum atomic E-state index is -3.50. The number of hydrogen-bond acceptors (Lipinski definition) is 5. The van der Waals surface area contributed by atoms with Crippen molar-refractivity contribution in [2.75, 3.05) is 18.4 Å². The zero-order valence-electron chi connectivity index (χ0n) is 15.8. The standard InChI is InChI=1S/C21H22FN3O2S2/c22-17-8-6-16(7-9-17)21(19-5-4-14-28-19)24-20-11-10-18(15-23-20)29(26,27)25-12-2-1-3-13-25/h4-11,14-15,21H,1-3,12-13H2,(H,23,24)/t21-/m1/s1. The number of anilines is 1. The highest BCUT2D eigenvalue weighted by Gasteiger charge is 2.26. The van der Waals surface area contributed by atoms with Crippen molar-refractivity contribution >= 4 is 27.2 Å². The molecule has 2 aromatic heterocycles. The second-order valence-electron chi connectivity index (χ2n) is 6.99. The number of thiophene rings is 1. The van der Waals surface area contributed by atoms with Gasteiger partial charge in [-0.25, -0.2) is 17.8 Å². The van der Waals surface area contributed by atoms with Gasteiger partial charge in [0.05, 0.1) is 6.04 Å². The molecule has 1 N–H and O–H groups in total. The van der Waals surface area contributed by atoms with E-state index in [0.717, 1.165) is 29.7 Å². The van der Waals surface area contributed by atoms with E-state index in [1.165, 1.54) is 22.6 Å². The van der Waals surface area contributed by atoms with Crippen LogP contribution in [0, 0.1) is 5.82 Å². The van der Waals surface area contributed by atoms with Gasteiger partial charge in [-0.05, 0) is 54.1 Å². The summed E-state index contributed by atoms with van der Waals surface area (Å²) in [6.45, 7) is 1.13. The molecule has 0 spiro atoms. The minimum absolute atomic E-state index is 0.201. The van der Waals surface area contributed by atoms with Crippen LogP contribution in [-0.4, -0.2) is 30.8 Å². The van der Waals surface area contributed by atoms with Gasteiger partial charge >= 0.3 is 0 Å². The maximum Gasteiger partial charge on any atom is 0.244 e. The predicted octanol–water partition coefficient (Wildman–Crippen LogP) is 4.66. The molecule has 1 aliphatic rings. The SMILES string of the molecule is O=S(=O)(c1ccc(N[C@H](c2ccc(F)cc2)c2cccs2)nc1)N1CCCCC1. The number of halogens is 1. The van der Waals surface area contributed by atoms with E-state index >= 15 is 0 Å². The number of hydrogen-bond donors (Lipinski definition) is 1. The lowest BCUT2D eigenvalue weighted by molar-refractivity contribution is 0.346. The van der Waals surface area contributed by atoms with Crippen molar-refractivity contribution in [1.82, 2.24) is 9.29 Å². The van der Waals surface area contributed by atoms with Gasteiger partial charge in [-0.15, -0.1) is 11.3 Å². The van der Waals surface area contributed by atoms with Crippen LogP contribution in [0.1, 0.15) is 35.7 Å². The predicted molar refractivity (Wildman–Crippen MR) is 113 cm³/mol. The van der Waals surface area contributed by atoms with Gasteiger partial charge in [0.2, 0.25) is 10.0 Å². The van der Waals surface area contributed by atoms with Gasteiger partial charge in [0.1, 0.15) is 16.5 Å². The number of rotatable bonds is 6. The molecule has 0 radical (unpaired) electrons. The van der Waals surface area contributed by atoms with E-state index in [-0.39, 0.29) is 16.8 Å². The number of benzene rings is 1. The Morgan fingerprint density at radius 1 is 1.03 bits per heavy atom. The molecule has 1 saturated heterocycles. The Morgan fingerprint density at radius 3 is 2.41 bits per heavy atom. The Labute approximate surface area is 174 Å². The molecule has 1 aromatic carbocycles. The lowest BCUT2D eigenvalue weighted by atomic mass is 10.1. The van der Waals surface area contributed by atoms with Crippen LogP contribution in [0.5, 0.6) is 0 Å². The molecule has 1 atom stereocenters. The fourth-order valence-electron chi connectivity index (χ4n) is 3.45. The molecule has 1 aliphatic heterocycles. The van der Waals surface area contributed by atoms with E-state index in [0.29, 0.717) is 18.9 Å². The summed E-state index contributed by atoms with van der Waals surface area (Å²) in [6.07, 6.45) is 4.27. The smallest absolute Gasteiger partial charge is 0.244 e. The molecule has 0 aliphatic carbocycles. The average molecular weight is 432 g/mol. The molecule has 8 heteroatoms. The van der Waals surface area contributed by atoms with E-state index in [1.54, 1.807) is 35.6 Å². The summed E-state index contributed by atoms with van der Waals surface area (Å²) in [6, 6.07) is 13.4. The zero-order valence-corrected chi connectivity index (χ0v) is 17.4. The van der Waals surface area contributed by atoms with Crippen LogP contribution in [-0.2, 0) is 10.0 Å². The second kappa shape index (κ2) is 8.61. The molecule has 0 saturated carbocycles. The first-order chi connectivity index (χ1) is 14.0. The van der Waals surface area contributed by atoms with E-state index in [1.807, 2.05) is 17.5 Å². The Bertz CT molecular complexity index is 1030. The quantitative estimate of drug-likeness (QED) is 0.617. The van der Waals surface area contributed by atoms with Gasteiger partial charge in [-0.1, -0.05) is 24.6 Å². The van der Waals surface area contributed by atoms with E-state index < -0.39 is 10.0 Å². The highest BCUT2D eigenvalue weighted by molar-refractivity contribution is 7.89. The second-order valence-corrected chi connectivity index (χ2v) is 9.91. The lowest BCUT2D eigenvalue weighted by Gasteiger charge is -2.25. The largest absolute Gasteiger partial charge is 0.358 e. The van der Waals surface area contributed by atoms with Gasteiger partial charge in [-0.2, -0.15) is 4.31 Å². The molecule has 1 fully saturated rings. The summed E-state index contributed by atoms with van der Waals surface area (Å²) in [7, 11) is -3.50. The molecule has 152 valence electrons. The fourth-order valence-corrected chi connectivity index (χ4v) is 5.72. The van der Waals surface area contributed by atoms with E-state index in [9.17, 15) is 12.8 Å². The number of aromatic nitrogens is 1. The summed E-state index contributed by atoms with van der Waals surface area (Å²) in [4.78, 5) is 5.61. The van der Waals surface area contributed by atoms with Crippen molar-refractivity contribution in [1.29, 1.82) is 0 Å². The summed E-state index contributed by atoms with van der Waals surface area (Å²) in [5.41, 5.74) is 0.903. The number of nitrogens with zero attached hydrogens (tertiary/aromatic N) is 2. The van der Waals surface area contributed by atoms with Crippen molar-refractivity contribution in [3.05, 3.63) is 76.4 Å². The summed E-state index contributed by atoms with van der Waals surface area (Å²) in [5.74, 6) is 0.273. The van der Waals surface area contributed by atoms with Crippen LogP contribution in [0.25, 0.3) is 0 Å². The van der Waals surface area contributed by atoms with Gasteiger partial charge in [0, 0.05) is 24.2 Å². The zero-order chi connectivity index (χ0) is 20.3. The number of pyridine rings is 1. The summed E-state index contributed by atoms with van der Waals surface area (Å²) >= 11 is 1.59. The number of sulfonamides is 1. The fraction of sp³-hybridized carbons (Fsp3) is 0.286. The maximum absolute atomic E-state index is 13.3. The van der Waals surface area contributed by atoms with Crippen molar-refractivity contribution in [2.45, 2.75) is 30.2 Å². The van der Waals surface area contributed by atoms with Crippen LogP contribution in [0.3, 0.4) is 0 Å². The normalized spacial score (nSPS) is 16.4. The van der Waals surface area contributed by atoms with Gasteiger partial charge in [0.15, 0.2) is 0 Å². The molecule has 0 bridgehead atoms. The third kappa shape index (κ3) is 4.49. The van der Waals surface area contributed by atoms with Crippen molar-refractivity contribution < 1.29 is 12.8 Å². The molecule has 4 rings (SSSR count). The Kier molecular flexibility index (Phi) is 5.94. The third-order valence-corrected chi connectivity index (χ3v) is 7.83. The molecule has 29 heavy (non-hydrogen) atoms. The van der Waals surface area contributed by atoms with E-state index in [4.69, 9.17) is 0 Å². The molecule has 3 aromatic rings. The molecule has 0 amide bonds. The highest BCUT2D eigenvalue weighted by atomic mass is 32.2. The first-order valence-corrected chi connectivity index (χ1v) is 11.9. The molecular formula is C21H22FN3O2S2. The Balaban J connectivity index is 1.56. The van der Waals surface area contributed by atoms with Crippen molar-refractivity contribution in [3.8, 4) is 0 Å². The van der Waals surface area contributed by atoms with Crippen LogP contribution in [0.2, 0.25) is 0 Å². The molecule has 0 unspecified atom stereocenters. The molecule has 5 nitrogen and oxygen atoms in total. The molecule has 3 heterocycles. The number of nitrogens with one attached hydrogen (secondary N) is 1. The van der Waals surface area contributed by atoms with Crippen LogP contribution < -0.4 is 5.32 Å². The third-order valence-electron chi connectivity index (χ3n) is 5.01. The first kappa shape index (κ1) is 20.0. The van der Waals surface area contributed by atoms with Crippen molar-refractivity contribution in [2.24, 2.45) is 0 Å². The summed E-state index contributed by atoms with van der Waals surface area (Å²) < 4.78 is 40.5. The highest BCUT2D eigenvalue weighted by Crippen LogP contribution is 2.30. The maximum atomic E-state index is 13.3. The first-order valence-electron chi connectivity index (χ1n) is 9.56. The minimum Gasteiger partial charge on any atom is -0.358 e. The Morgan fingerprint density at radius 2 is 1.79 bits per heavy atom. The van der Waals surface area contributed by atoms with E-state index in [2.05, 4.69) is 10.3 Å². The lowest BCUT2D eigenvalue weighted by Crippen LogP contribution is -2.35. The topological polar surface area (TPSA) is 62.3 Å². The monoisotopic (exact) mass is 431 g/mol. The van der Waals surface area contributed by atoms with Crippen LogP contribution in [0.15, 0.2) is 65.0 Å². The Hall–Kier alpha value is -2.29. The van der Waals surface area contributed by atoms with Crippen LogP contribution >= 0.6 is 11.3 Å².